The number of hydrogen-bond acceptors (Lipinski definition) is 4. The van der Waals surface area contributed by atoms with Gasteiger partial charge in [0.05, 0.1) is 6.42 Å². The number of anilines is 1. The van der Waals surface area contributed by atoms with Crippen molar-refractivity contribution in [1.29, 1.82) is 0 Å². The van der Waals surface area contributed by atoms with Gasteiger partial charge in [-0.3, -0.25) is 9.59 Å². The fraction of sp³-hybridized carbons (Fsp3) is 0.667. The lowest BCUT2D eigenvalue weighted by Gasteiger charge is -2.37. The highest BCUT2D eigenvalue weighted by Crippen LogP contribution is 2.34. The van der Waals surface area contributed by atoms with E-state index < -0.39 is 11.5 Å². The van der Waals surface area contributed by atoms with E-state index in [1.54, 1.807) is 0 Å². The number of aromatic nitrogens is 2. The summed E-state index contributed by atoms with van der Waals surface area (Å²) in [4.78, 5) is 30.0. The molecule has 0 spiro atoms. The summed E-state index contributed by atoms with van der Waals surface area (Å²) < 4.78 is 0. The summed E-state index contributed by atoms with van der Waals surface area (Å²) in [5.74, 6) is 0.386. The molecule has 0 aliphatic heterocycles. The maximum atomic E-state index is 11.7. The fourth-order valence-corrected chi connectivity index (χ4v) is 2.95. The third kappa shape index (κ3) is 4.06. The Bertz CT molecular complexity index is 560. The molecule has 1 aromatic heterocycles. The van der Waals surface area contributed by atoms with Crippen LogP contribution in [0.1, 0.15) is 64.1 Å². The largest absolute Gasteiger partial charge is 0.481 e. The summed E-state index contributed by atoms with van der Waals surface area (Å²) in [6.07, 6.45) is 4.78. The molecule has 0 atom stereocenters. The van der Waals surface area contributed by atoms with Crippen molar-refractivity contribution in [3.05, 3.63) is 22.2 Å². The molecular weight excluding hydrogens is 270 g/mol. The van der Waals surface area contributed by atoms with Crippen LogP contribution >= 0.6 is 0 Å². The van der Waals surface area contributed by atoms with E-state index in [-0.39, 0.29) is 17.9 Å². The van der Waals surface area contributed by atoms with Gasteiger partial charge in [0.15, 0.2) is 0 Å². The Morgan fingerprint density at radius 2 is 2.10 bits per heavy atom. The van der Waals surface area contributed by atoms with Crippen LogP contribution in [0.25, 0.3) is 0 Å². The van der Waals surface area contributed by atoms with Crippen LogP contribution in [0, 0.1) is 0 Å². The zero-order valence-electron chi connectivity index (χ0n) is 12.6. The molecule has 1 heterocycles. The number of H-pyrrole nitrogens is 1. The highest BCUT2D eigenvalue weighted by atomic mass is 16.4. The lowest BCUT2D eigenvalue weighted by atomic mass is 9.79. The molecule has 0 radical (unpaired) electrons. The number of carbonyl (C=O) groups is 1. The van der Waals surface area contributed by atoms with Crippen LogP contribution in [-0.2, 0) is 4.79 Å². The van der Waals surface area contributed by atoms with Crippen molar-refractivity contribution >= 4 is 11.8 Å². The fourth-order valence-electron chi connectivity index (χ4n) is 2.95. The first-order valence-corrected chi connectivity index (χ1v) is 7.51. The monoisotopic (exact) mass is 293 g/mol. The zero-order valence-corrected chi connectivity index (χ0v) is 12.6. The first-order valence-electron chi connectivity index (χ1n) is 7.51. The molecule has 1 fully saturated rings. The third-order valence-corrected chi connectivity index (χ3v) is 4.00. The van der Waals surface area contributed by atoms with Gasteiger partial charge in [-0.25, -0.2) is 4.98 Å². The number of carboxylic acid groups (broad SMARTS) is 1. The molecule has 0 saturated heterocycles. The summed E-state index contributed by atoms with van der Waals surface area (Å²) >= 11 is 0. The van der Waals surface area contributed by atoms with Crippen molar-refractivity contribution in [2.45, 2.75) is 63.8 Å². The van der Waals surface area contributed by atoms with Gasteiger partial charge in [-0.2, -0.15) is 0 Å². The van der Waals surface area contributed by atoms with E-state index >= 15 is 0 Å². The number of aromatic amines is 1. The van der Waals surface area contributed by atoms with Crippen LogP contribution < -0.4 is 10.9 Å². The van der Waals surface area contributed by atoms with Gasteiger partial charge in [-0.1, -0.05) is 33.1 Å². The first kappa shape index (κ1) is 15.5. The Hall–Kier alpha value is -1.85. The Labute approximate surface area is 124 Å². The summed E-state index contributed by atoms with van der Waals surface area (Å²) in [6, 6.07) is 1.41. The Kier molecular flexibility index (Phi) is 4.65. The molecule has 21 heavy (non-hydrogen) atoms. The molecule has 1 aliphatic carbocycles. The molecule has 0 unspecified atom stereocenters. The molecule has 0 bridgehead atoms. The summed E-state index contributed by atoms with van der Waals surface area (Å²) in [7, 11) is 0. The summed E-state index contributed by atoms with van der Waals surface area (Å²) in [5, 5.41) is 12.4. The van der Waals surface area contributed by atoms with E-state index in [1.807, 2.05) is 13.8 Å². The van der Waals surface area contributed by atoms with Gasteiger partial charge in [0.1, 0.15) is 11.6 Å². The average molecular weight is 293 g/mol. The Balaban J connectivity index is 2.27. The molecule has 0 aromatic carbocycles. The minimum absolute atomic E-state index is 0.0541. The minimum Gasteiger partial charge on any atom is -0.481 e. The molecule has 3 N–H and O–H groups in total. The van der Waals surface area contributed by atoms with Crippen molar-refractivity contribution in [2.24, 2.45) is 0 Å². The topological polar surface area (TPSA) is 95.1 Å². The number of aliphatic carboxylic acids is 1. The van der Waals surface area contributed by atoms with Gasteiger partial charge in [0.2, 0.25) is 0 Å². The molecule has 6 nitrogen and oxygen atoms in total. The number of rotatable bonds is 5. The summed E-state index contributed by atoms with van der Waals surface area (Å²) in [5.41, 5.74) is -0.698. The highest BCUT2D eigenvalue weighted by molar-refractivity contribution is 5.69. The van der Waals surface area contributed by atoms with Crippen LogP contribution in [0.4, 0.5) is 5.82 Å². The quantitative estimate of drug-likeness (QED) is 0.775. The van der Waals surface area contributed by atoms with Gasteiger partial charge in [0, 0.05) is 17.5 Å². The van der Waals surface area contributed by atoms with Crippen molar-refractivity contribution in [1.82, 2.24) is 9.97 Å². The van der Waals surface area contributed by atoms with E-state index in [0.29, 0.717) is 11.6 Å². The second-order valence-electron chi connectivity index (χ2n) is 6.21. The van der Waals surface area contributed by atoms with Crippen molar-refractivity contribution in [2.75, 3.05) is 5.32 Å². The van der Waals surface area contributed by atoms with Crippen LogP contribution in [0.15, 0.2) is 10.9 Å². The molecule has 1 saturated carbocycles. The smallest absolute Gasteiger partial charge is 0.305 e. The van der Waals surface area contributed by atoms with Crippen LogP contribution in [-0.4, -0.2) is 26.6 Å². The maximum absolute atomic E-state index is 11.7. The Morgan fingerprint density at radius 1 is 1.43 bits per heavy atom. The predicted molar refractivity (Wildman–Crippen MR) is 80.6 cm³/mol. The number of nitrogens with one attached hydrogen (secondary N) is 2. The number of hydrogen-bond donors (Lipinski definition) is 3. The predicted octanol–water partition coefficient (Wildman–Crippen LogP) is 2.48. The van der Waals surface area contributed by atoms with Gasteiger partial charge in [0.25, 0.3) is 5.56 Å². The van der Waals surface area contributed by atoms with Crippen LogP contribution in [0.5, 0.6) is 0 Å². The maximum Gasteiger partial charge on any atom is 0.305 e. The standard InChI is InChI=1S/C15H23N3O3/c1-10(2)14-16-11(8-12(19)17-14)18-15(9-13(20)21)6-4-3-5-7-15/h8,10H,3-7,9H2,1-2H3,(H,20,21)(H2,16,17,18,19). The van der Waals surface area contributed by atoms with Crippen molar-refractivity contribution < 1.29 is 9.90 Å². The molecule has 6 heteroatoms. The lowest BCUT2D eigenvalue weighted by Crippen LogP contribution is -2.43. The number of carboxylic acids is 1. The molecule has 1 aliphatic rings. The molecule has 1 aromatic rings. The molecule has 116 valence electrons. The zero-order chi connectivity index (χ0) is 15.5. The van der Waals surface area contributed by atoms with E-state index in [2.05, 4.69) is 15.3 Å². The molecule has 2 rings (SSSR count). The molecule has 0 amide bonds. The normalized spacial score (nSPS) is 17.7. The first-order chi connectivity index (χ1) is 9.90. The van der Waals surface area contributed by atoms with Gasteiger partial charge in [-0.15, -0.1) is 0 Å². The second kappa shape index (κ2) is 6.28. The van der Waals surface area contributed by atoms with Crippen molar-refractivity contribution in [3.8, 4) is 0 Å². The van der Waals surface area contributed by atoms with E-state index in [4.69, 9.17) is 0 Å². The second-order valence-corrected chi connectivity index (χ2v) is 6.21. The number of nitrogens with zero attached hydrogens (tertiary/aromatic N) is 1. The van der Waals surface area contributed by atoms with Gasteiger partial charge < -0.3 is 15.4 Å². The van der Waals surface area contributed by atoms with E-state index in [9.17, 15) is 14.7 Å². The minimum atomic E-state index is -0.821. The van der Waals surface area contributed by atoms with E-state index in [1.165, 1.54) is 6.07 Å². The van der Waals surface area contributed by atoms with Gasteiger partial charge in [-0.05, 0) is 12.8 Å². The van der Waals surface area contributed by atoms with Crippen molar-refractivity contribution in [3.63, 3.8) is 0 Å². The lowest BCUT2D eigenvalue weighted by molar-refractivity contribution is -0.138. The Morgan fingerprint density at radius 3 is 2.67 bits per heavy atom. The van der Waals surface area contributed by atoms with Gasteiger partial charge >= 0.3 is 5.97 Å². The average Bonchev–Trinajstić information content (AvgIpc) is 2.37. The van der Waals surface area contributed by atoms with Crippen LogP contribution in [0.3, 0.4) is 0 Å². The highest BCUT2D eigenvalue weighted by Gasteiger charge is 2.34. The van der Waals surface area contributed by atoms with Crippen LogP contribution in [0.2, 0.25) is 0 Å². The summed E-state index contributed by atoms with van der Waals surface area (Å²) in [6.45, 7) is 3.91. The SMILES string of the molecule is CC(C)c1nc(NC2(CC(=O)O)CCCCC2)cc(=O)[nH]1. The molecular formula is C15H23N3O3. The third-order valence-electron chi connectivity index (χ3n) is 4.00. The van der Waals surface area contributed by atoms with E-state index in [0.717, 1.165) is 32.1 Å².